The molecule has 2 aromatic rings. The zero-order valence-corrected chi connectivity index (χ0v) is 12.3. The molecule has 0 aromatic heterocycles. The first-order valence-electron chi connectivity index (χ1n) is 6.47. The molecule has 0 bridgehead atoms. The fourth-order valence-electron chi connectivity index (χ4n) is 1.89. The number of halogens is 1. The highest BCUT2D eigenvalue weighted by atomic mass is 35.5. The number of hydrogen-bond acceptors (Lipinski definition) is 3. The third-order valence-electron chi connectivity index (χ3n) is 2.85. The number of nitrogens with zero attached hydrogens (tertiary/aromatic N) is 1. The molecule has 0 saturated carbocycles. The summed E-state index contributed by atoms with van der Waals surface area (Å²) in [5.74, 6) is 0.477. The van der Waals surface area contributed by atoms with E-state index in [1.807, 2.05) is 13.0 Å². The normalized spacial score (nSPS) is 11.0. The zero-order chi connectivity index (χ0) is 15.2. The molecule has 1 N–H and O–H groups in total. The van der Waals surface area contributed by atoms with Gasteiger partial charge in [-0.15, -0.1) is 0 Å². The van der Waals surface area contributed by atoms with Gasteiger partial charge in [-0.1, -0.05) is 29.8 Å². The number of aromatic hydroxyl groups is 1. The Kier molecular flexibility index (Phi) is 4.86. The summed E-state index contributed by atoms with van der Waals surface area (Å²) in [5, 5.41) is 19.6. The van der Waals surface area contributed by atoms with E-state index < -0.39 is 0 Å². The Balaban J connectivity index is 2.41. The van der Waals surface area contributed by atoms with Gasteiger partial charge in [0.1, 0.15) is 0 Å². The Morgan fingerprint density at radius 2 is 2.14 bits per heavy atom. The smallest absolute Gasteiger partial charge is 0.161 e. The minimum absolute atomic E-state index is 0.0789. The first-order chi connectivity index (χ1) is 10.1. The Morgan fingerprint density at radius 3 is 2.81 bits per heavy atom. The Hall–Kier alpha value is -2.44. The van der Waals surface area contributed by atoms with E-state index in [2.05, 4.69) is 6.07 Å². The molecular weight excluding hydrogens is 286 g/mol. The van der Waals surface area contributed by atoms with Crippen molar-refractivity contribution < 1.29 is 9.84 Å². The lowest BCUT2D eigenvalue weighted by molar-refractivity contribution is 0.318. The lowest BCUT2D eigenvalue weighted by Crippen LogP contribution is -1.92. The van der Waals surface area contributed by atoms with Crippen LogP contribution in [0.2, 0.25) is 5.02 Å². The van der Waals surface area contributed by atoms with Gasteiger partial charge in [0.25, 0.3) is 0 Å². The molecule has 3 nitrogen and oxygen atoms in total. The minimum atomic E-state index is 0.0789. The Bertz CT molecular complexity index is 717. The van der Waals surface area contributed by atoms with Crippen LogP contribution >= 0.6 is 11.6 Å². The third kappa shape index (κ3) is 3.77. The zero-order valence-electron chi connectivity index (χ0n) is 11.5. The highest BCUT2D eigenvalue weighted by molar-refractivity contribution is 6.30. The second-order valence-electron chi connectivity index (χ2n) is 4.34. The van der Waals surface area contributed by atoms with Crippen molar-refractivity contribution in [2.75, 3.05) is 6.61 Å². The van der Waals surface area contributed by atoms with E-state index in [0.29, 0.717) is 23.0 Å². The maximum absolute atomic E-state index is 9.68. The van der Waals surface area contributed by atoms with E-state index in [1.165, 1.54) is 0 Å². The predicted octanol–water partition coefficient (Wildman–Crippen LogP) is 4.51. The van der Waals surface area contributed by atoms with Gasteiger partial charge in [-0.05, 0) is 48.4 Å². The largest absolute Gasteiger partial charge is 0.504 e. The first-order valence-corrected chi connectivity index (χ1v) is 6.85. The fraction of sp³-hybridized carbons (Fsp3) is 0.118. The molecule has 2 rings (SSSR count). The van der Waals surface area contributed by atoms with Gasteiger partial charge >= 0.3 is 0 Å². The molecule has 21 heavy (non-hydrogen) atoms. The number of phenols is 1. The van der Waals surface area contributed by atoms with Crippen LogP contribution in [-0.2, 0) is 0 Å². The summed E-state index contributed by atoms with van der Waals surface area (Å²) in [4.78, 5) is 0. The number of rotatable bonds is 4. The van der Waals surface area contributed by atoms with Gasteiger partial charge in [0, 0.05) is 5.02 Å². The van der Waals surface area contributed by atoms with E-state index in [1.54, 1.807) is 42.5 Å². The monoisotopic (exact) mass is 299 g/mol. The number of benzene rings is 2. The molecule has 0 aliphatic carbocycles. The van der Waals surface area contributed by atoms with Crippen molar-refractivity contribution in [1.82, 2.24) is 0 Å². The third-order valence-corrected chi connectivity index (χ3v) is 3.09. The number of phenolic OH excluding ortho intramolecular Hbond substituents is 1. The molecule has 0 saturated heterocycles. The first kappa shape index (κ1) is 15.0. The summed E-state index contributed by atoms with van der Waals surface area (Å²) >= 11 is 5.95. The topological polar surface area (TPSA) is 53.2 Å². The molecule has 0 unspecified atom stereocenters. The van der Waals surface area contributed by atoms with Crippen molar-refractivity contribution in [1.29, 1.82) is 5.26 Å². The van der Waals surface area contributed by atoms with Gasteiger partial charge in [0.15, 0.2) is 11.5 Å². The lowest BCUT2D eigenvalue weighted by atomic mass is 10.0. The van der Waals surface area contributed by atoms with Crippen LogP contribution in [0.3, 0.4) is 0 Å². The average molecular weight is 300 g/mol. The maximum atomic E-state index is 9.68. The summed E-state index contributed by atoms with van der Waals surface area (Å²) < 4.78 is 5.33. The molecule has 0 aliphatic rings. The van der Waals surface area contributed by atoms with Crippen LogP contribution in [0.4, 0.5) is 0 Å². The second-order valence-corrected chi connectivity index (χ2v) is 4.78. The maximum Gasteiger partial charge on any atom is 0.161 e. The Labute approximate surface area is 128 Å². The van der Waals surface area contributed by atoms with E-state index >= 15 is 0 Å². The molecule has 0 spiro atoms. The van der Waals surface area contributed by atoms with Crippen LogP contribution in [0.5, 0.6) is 11.5 Å². The van der Waals surface area contributed by atoms with Crippen LogP contribution in [0.1, 0.15) is 18.1 Å². The number of allylic oxidation sites excluding steroid dienone is 1. The van der Waals surface area contributed by atoms with Gasteiger partial charge in [0.2, 0.25) is 0 Å². The Morgan fingerprint density at radius 1 is 1.33 bits per heavy atom. The molecule has 0 radical (unpaired) electrons. The van der Waals surface area contributed by atoms with Crippen molar-refractivity contribution in [3.05, 3.63) is 58.6 Å². The van der Waals surface area contributed by atoms with Gasteiger partial charge in [-0.3, -0.25) is 0 Å². The van der Waals surface area contributed by atoms with Crippen molar-refractivity contribution in [3.8, 4) is 17.6 Å². The van der Waals surface area contributed by atoms with Crippen LogP contribution in [-0.4, -0.2) is 11.7 Å². The summed E-state index contributed by atoms with van der Waals surface area (Å²) in [6, 6.07) is 14.2. The summed E-state index contributed by atoms with van der Waals surface area (Å²) in [7, 11) is 0. The lowest BCUT2D eigenvalue weighted by Gasteiger charge is -2.07. The number of ether oxygens (including phenoxy) is 1. The van der Waals surface area contributed by atoms with Gasteiger partial charge < -0.3 is 9.84 Å². The highest BCUT2D eigenvalue weighted by Crippen LogP contribution is 2.29. The van der Waals surface area contributed by atoms with Crippen molar-refractivity contribution in [2.24, 2.45) is 0 Å². The molecule has 106 valence electrons. The minimum Gasteiger partial charge on any atom is -0.504 e. The molecule has 0 heterocycles. The van der Waals surface area contributed by atoms with Crippen molar-refractivity contribution >= 4 is 23.3 Å². The quantitative estimate of drug-likeness (QED) is 0.667. The SMILES string of the molecule is CCOc1cc(/C=C(/C#N)c2cccc(Cl)c2)ccc1O. The fourth-order valence-corrected chi connectivity index (χ4v) is 2.08. The van der Waals surface area contributed by atoms with Crippen LogP contribution < -0.4 is 4.74 Å². The van der Waals surface area contributed by atoms with E-state index in [0.717, 1.165) is 11.1 Å². The van der Waals surface area contributed by atoms with Gasteiger partial charge in [-0.2, -0.15) is 5.26 Å². The van der Waals surface area contributed by atoms with Gasteiger partial charge in [0.05, 0.1) is 18.2 Å². The second kappa shape index (κ2) is 6.83. The standard InChI is InChI=1S/C17H14ClNO2/c1-2-21-17-9-12(6-7-16(17)20)8-14(11-19)13-4-3-5-15(18)10-13/h3-10,20H,2H2,1H3/b14-8-. The molecule has 0 fully saturated rings. The van der Waals surface area contributed by atoms with Crippen molar-refractivity contribution in [2.45, 2.75) is 6.92 Å². The van der Waals surface area contributed by atoms with E-state index in [9.17, 15) is 10.4 Å². The number of hydrogen-bond donors (Lipinski definition) is 1. The van der Waals surface area contributed by atoms with E-state index in [-0.39, 0.29) is 5.75 Å². The molecule has 0 atom stereocenters. The average Bonchev–Trinajstić information content (AvgIpc) is 2.48. The summed E-state index contributed by atoms with van der Waals surface area (Å²) in [6.07, 6.45) is 1.73. The van der Waals surface area contributed by atoms with Gasteiger partial charge in [-0.25, -0.2) is 0 Å². The molecule has 4 heteroatoms. The summed E-state index contributed by atoms with van der Waals surface area (Å²) in [6.45, 7) is 2.30. The van der Waals surface area contributed by atoms with E-state index in [4.69, 9.17) is 16.3 Å². The van der Waals surface area contributed by atoms with Crippen LogP contribution in [0.25, 0.3) is 11.6 Å². The van der Waals surface area contributed by atoms with Crippen LogP contribution in [0, 0.1) is 11.3 Å². The predicted molar refractivity (Wildman–Crippen MR) is 84.2 cm³/mol. The number of nitriles is 1. The molecule has 2 aromatic carbocycles. The van der Waals surface area contributed by atoms with Crippen molar-refractivity contribution in [3.63, 3.8) is 0 Å². The molecule has 0 amide bonds. The van der Waals surface area contributed by atoms with Crippen LogP contribution in [0.15, 0.2) is 42.5 Å². The summed E-state index contributed by atoms with van der Waals surface area (Å²) in [5.41, 5.74) is 2.01. The highest BCUT2D eigenvalue weighted by Gasteiger charge is 2.05. The molecule has 0 aliphatic heterocycles. The molecular formula is C17H14ClNO2.